The number of carbonyl (C=O) groups is 1. The maximum Gasteiger partial charge on any atom is 0.224 e. The number of anilines is 1. The molecule has 1 amide bonds. The molecule has 0 saturated heterocycles. The summed E-state index contributed by atoms with van der Waals surface area (Å²) in [5.41, 5.74) is 1.38. The van der Waals surface area contributed by atoms with Gasteiger partial charge in [-0.2, -0.15) is 0 Å². The number of hydrogen-bond donors (Lipinski definition) is 1. The molecule has 0 aliphatic carbocycles. The molecule has 2 aromatic rings. The van der Waals surface area contributed by atoms with Gasteiger partial charge in [0.15, 0.2) is 0 Å². The minimum absolute atomic E-state index is 0.0416. The highest BCUT2D eigenvalue weighted by Gasteiger charge is 2.11. The highest BCUT2D eigenvalue weighted by molar-refractivity contribution is 6.31. The van der Waals surface area contributed by atoms with Crippen molar-refractivity contribution in [1.29, 1.82) is 0 Å². The lowest BCUT2D eigenvalue weighted by molar-refractivity contribution is -0.120. The number of para-hydroxylation sites is 1. The largest absolute Gasteiger partial charge is 0.375 e. The minimum atomic E-state index is -0.448. The van der Waals surface area contributed by atoms with E-state index < -0.39 is 5.82 Å². The molecule has 0 radical (unpaired) electrons. The Morgan fingerprint density at radius 1 is 1.17 bits per heavy atom. The van der Waals surface area contributed by atoms with Crippen LogP contribution in [0.4, 0.5) is 10.1 Å². The number of carbonyl (C=O) groups excluding carboxylic acids is 1. The Labute approximate surface area is 141 Å². The Kier molecular flexibility index (Phi) is 6.41. The zero-order valence-electron chi connectivity index (χ0n) is 13.1. The van der Waals surface area contributed by atoms with E-state index in [2.05, 4.69) is 10.2 Å². The van der Waals surface area contributed by atoms with E-state index in [9.17, 15) is 9.18 Å². The fourth-order valence-electron chi connectivity index (χ4n) is 2.28. The topological polar surface area (TPSA) is 32.3 Å². The number of benzene rings is 2. The van der Waals surface area contributed by atoms with Gasteiger partial charge in [0.1, 0.15) is 5.82 Å². The molecule has 3 nitrogen and oxygen atoms in total. The van der Waals surface area contributed by atoms with Gasteiger partial charge in [0, 0.05) is 36.4 Å². The molecule has 0 aromatic heterocycles. The zero-order valence-corrected chi connectivity index (χ0v) is 13.8. The van der Waals surface area contributed by atoms with E-state index in [0.717, 1.165) is 18.7 Å². The molecule has 0 aliphatic heterocycles. The summed E-state index contributed by atoms with van der Waals surface area (Å²) in [6.45, 7) is 1.37. The molecule has 0 atom stereocenters. The molecule has 0 saturated carbocycles. The molecule has 0 spiro atoms. The summed E-state index contributed by atoms with van der Waals surface area (Å²) in [6, 6.07) is 14.5. The Morgan fingerprint density at radius 3 is 2.61 bits per heavy atom. The Balaban J connectivity index is 1.73. The second-order valence-corrected chi connectivity index (χ2v) is 5.74. The lowest BCUT2D eigenvalue weighted by atomic mass is 10.1. The zero-order chi connectivity index (χ0) is 16.7. The molecule has 2 rings (SSSR count). The van der Waals surface area contributed by atoms with E-state index in [0.29, 0.717) is 6.54 Å². The third-order valence-corrected chi connectivity index (χ3v) is 3.94. The molecule has 23 heavy (non-hydrogen) atoms. The lowest BCUT2D eigenvalue weighted by Crippen LogP contribution is -2.29. The van der Waals surface area contributed by atoms with Gasteiger partial charge in [-0.3, -0.25) is 4.79 Å². The van der Waals surface area contributed by atoms with E-state index in [1.807, 2.05) is 37.4 Å². The summed E-state index contributed by atoms with van der Waals surface area (Å²) in [4.78, 5) is 14.0. The van der Waals surface area contributed by atoms with E-state index >= 15 is 0 Å². The van der Waals surface area contributed by atoms with Crippen molar-refractivity contribution in [2.75, 3.05) is 25.0 Å². The van der Waals surface area contributed by atoms with Gasteiger partial charge in [0.2, 0.25) is 5.91 Å². The summed E-state index contributed by atoms with van der Waals surface area (Å²) in [5.74, 6) is -0.671. The van der Waals surface area contributed by atoms with Crippen LogP contribution < -0.4 is 10.2 Å². The third kappa shape index (κ3) is 5.25. The van der Waals surface area contributed by atoms with Crippen LogP contribution in [0, 0.1) is 5.82 Å². The number of nitrogens with zero attached hydrogens (tertiary/aromatic N) is 1. The molecule has 2 aromatic carbocycles. The van der Waals surface area contributed by atoms with Crippen molar-refractivity contribution in [2.45, 2.75) is 12.8 Å². The van der Waals surface area contributed by atoms with Crippen LogP contribution in [-0.4, -0.2) is 26.0 Å². The van der Waals surface area contributed by atoms with Crippen molar-refractivity contribution in [3.8, 4) is 0 Å². The number of halogens is 2. The predicted octanol–water partition coefficient (Wildman–Crippen LogP) is 3.66. The number of nitrogens with one attached hydrogen (secondary N) is 1. The van der Waals surface area contributed by atoms with E-state index in [1.54, 1.807) is 6.07 Å². The van der Waals surface area contributed by atoms with Gasteiger partial charge in [-0.15, -0.1) is 0 Å². The van der Waals surface area contributed by atoms with Crippen molar-refractivity contribution in [3.05, 3.63) is 64.9 Å². The van der Waals surface area contributed by atoms with Crippen molar-refractivity contribution in [3.63, 3.8) is 0 Å². The molecular weight excluding hydrogens is 315 g/mol. The molecule has 5 heteroatoms. The maximum atomic E-state index is 13.6. The molecule has 0 bridgehead atoms. The first-order chi connectivity index (χ1) is 11.1. The van der Waals surface area contributed by atoms with E-state index in [-0.39, 0.29) is 22.9 Å². The van der Waals surface area contributed by atoms with Crippen molar-refractivity contribution >= 4 is 23.2 Å². The maximum absolute atomic E-state index is 13.6. The molecule has 0 fully saturated rings. The number of hydrogen-bond acceptors (Lipinski definition) is 2. The summed E-state index contributed by atoms with van der Waals surface area (Å²) in [5, 5.41) is 3.08. The van der Waals surface area contributed by atoms with Crippen LogP contribution in [0.25, 0.3) is 0 Å². The summed E-state index contributed by atoms with van der Waals surface area (Å²) < 4.78 is 13.6. The summed E-state index contributed by atoms with van der Waals surface area (Å²) in [7, 11) is 2.01. The first-order valence-electron chi connectivity index (χ1n) is 7.53. The quantitative estimate of drug-likeness (QED) is 0.784. The minimum Gasteiger partial charge on any atom is -0.375 e. The van der Waals surface area contributed by atoms with Gasteiger partial charge in [-0.1, -0.05) is 35.9 Å². The van der Waals surface area contributed by atoms with Crippen LogP contribution in [0.1, 0.15) is 12.0 Å². The van der Waals surface area contributed by atoms with Gasteiger partial charge in [0.25, 0.3) is 0 Å². The lowest BCUT2D eigenvalue weighted by Gasteiger charge is -2.19. The number of rotatable bonds is 7. The smallest absolute Gasteiger partial charge is 0.224 e. The molecule has 0 aliphatic rings. The van der Waals surface area contributed by atoms with Crippen LogP contribution in [0.5, 0.6) is 0 Å². The number of amides is 1. The molecule has 0 unspecified atom stereocenters. The molecular formula is C18H20ClFN2O. The first-order valence-corrected chi connectivity index (χ1v) is 7.91. The molecule has 1 N–H and O–H groups in total. The Bertz CT molecular complexity index is 628. The monoisotopic (exact) mass is 334 g/mol. The van der Waals surface area contributed by atoms with Gasteiger partial charge >= 0.3 is 0 Å². The third-order valence-electron chi connectivity index (χ3n) is 3.59. The van der Waals surface area contributed by atoms with Crippen molar-refractivity contribution < 1.29 is 9.18 Å². The molecule has 0 heterocycles. The van der Waals surface area contributed by atoms with Crippen molar-refractivity contribution in [2.24, 2.45) is 0 Å². The van der Waals surface area contributed by atoms with Gasteiger partial charge < -0.3 is 10.2 Å². The van der Waals surface area contributed by atoms with Crippen molar-refractivity contribution in [1.82, 2.24) is 5.32 Å². The second kappa shape index (κ2) is 8.53. The van der Waals surface area contributed by atoms with Crippen LogP contribution in [-0.2, 0) is 11.2 Å². The molecule has 122 valence electrons. The van der Waals surface area contributed by atoms with Crippen LogP contribution in [0.15, 0.2) is 48.5 Å². The normalized spacial score (nSPS) is 10.4. The SMILES string of the molecule is CN(CCCNC(=O)Cc1c(F)cccc1Cl)c1ccccc1. The van der Waals surface area contributed by atoms with E-state index in [1.165, 1.54) is 12.1 Å². The summed E-state index contributed by atoms with van der Waals surface area (Å²) in [6.07, 6.45) is 0.766. The first kappa shape index (κ1) is 17.3. The van der Waals surface area contributed by atoms with Gasteiger partial charge in [0.05, 0.1) is 6.42 Å². The fraction of sp³-hybridized carbons (Fsp3) is 0.278. The van der Waals surface area contributed by atoms with Gasteiger partial charge in [-0.05, 0) is 30.7 Å². The van der Waals surface area contributed by atoms with Crippen LogP contribution >= 0.6 is 11.6 Å². The van der Waals surface area contributed by atoms with E-state index in [4.69, 9.17) is 11.6 Å². The Morgan fingerprint density at radius 2 is 1.91 bits per heavy atom. The van der Waals surface area contributed by atoms with Crippen LogP contribution in [0.3, 0.4) is 0 Å². The van der Waals surface area contributed by atoms with Crippen LogP contribution in [0.2, 0.25) is 5.02 Å². The Hall–Kier alpha value is -2.07. The van der Waals surface area contributed by atoms with Gasteiger partial charge in [-0.25, -0.2) is 4.39 Å². The standard InChI is InChI=1S/C18H20ClFN2O/c1-22(14-7-3-2-4-8-14)12-6-11-21-18(23)13-15-16(19)9-5-10-17(15)20/h2-5,7-10H,6,11-13H2,1H3,(H,21,23). The average Bonchev–Trinajstić information content (AvgIpc) is 2.56. The fourth-order valence-corrected chi connectivity index (χ4v) is 2.51. The second-order valence-electron chi connectivity index (χ2n) is 5.34. The predicted molar refractivity (Wildman–Crippen MR) is 92.5 cm³/mol. The average molecular weight is 335 g/mol. The highest BCUT2D eigenvalue weighted by Crippen LogP contribution is 2.19. The highest BCUT2D eigenvalue weighted by atomic mass is 35.5. The summed E-state index contributed by atoms with van der Waals surface area (Å²) >= 11 is 5.92.